The van der Waals surface area contributed by atoms with Crippen molar-refractivity contribution in [2.75, 3.05) is 6.54 Å². The standard InChI is InChI=1S/C17H31N/c1-6-8-10-15(3)11-9-12-16(4)13-14-17(5)18-7-2/h10,12H,6-9,11,13-14H2,1-5H3/b15-10+,16-12+,18-17?. The second-order valence-electron chi connectivity index (χ2n) is 5.14. The maximum Gasteiger partial charge on any atom is 0.0360 e. The van der Waals surface area contributed by atoms with E-state index < -0.39 is 0 Å². The molecule has 0 aromatic rings. The van der Waals surface area contributed by atoms with Gasteiger partial charge in [0.2, 0.25) is 0 Å². The van der Waals surface area contributed by atoms with Crippen molar-refractivity contribution in [2.45, 2.75) is 73.1 Å². The number of nitrogens with zero attached hydrogens (tertiary/aromatic N) is 1. The van der Waals surface area contributed by atoms with E-state index in [0.29, 0.717) is 0 Å². The summed E-state index contributed by atoms with van der Waals surface area (Å²) in [6, 6.07) is 0. The highest BCUT2D eigenvalue weighted by Crippen LogP contribution is 2.11. The Kier molecular flexibility index (Phi) is 10.7. The first-order chi connectivity index (χ1) is 8.60. The van der Waals surface area contributed by atoms with Crippen molar-refractivity contribution in [1.82, 2.24) is 0 Å². The topological polar surface area (TPSA) is 12.4 Å². The van der Waals surface area contributed by atoms with Crippen molar-refractivity contribution in [3.63, 3.8) is 0 Å². The van der Waals surface area contributed by atoms with E-state index in [1.54, 1.807) is 0 Å². The summed E-state index contributed by atoms with van der Waals surface area (Å²) in [6.07, 6.45) is 11.9. The molecule has 0 unspecified atom stereocenters. The number of hydrogen-bond donors (Lipinski definition) is 0. The van der Waals surface area contributed by atoms with Crippen LogP contribution in [0.25, 0.3) is 0 Å². The fourth-order valence-electron chi connectivity index (χ4n) is 1.87. The third kappa shape index (κ3) is 10.3. The summed E-state index contributed by atoms with van der Waals surface area (Å²) in [4.78, 5) is 4.42. The number of allylic oxidation sites excluding steroid dienone is 4. The molecule has 0 atom stereocenters. The second-order valence-corrected chi connectivity index (χ2v) is 5.14. The van der Waals surface area contributed by atoms with Gasteiger partial charge in [0, 0.05) is 12.3 Å². The predicted octanol–water partition coefficient (Wildman–Crippen LogP) is 5.72. The molecule has 104 valence electrons. The molecule has 0 saturated carbocycles. The molecule has 0 aliphatic rings. The highest BCUT2D eigenvalue weighted by molar-refractivity contribution is 5.82. The van der Waals surface area contributed by atoms with Gasteiger partial charge in [0.05, 0.1) is 0 Å². The SMILES string of the molecule is CCC/C=C(\C)CC/C=C(\C)CCC(C)=NCC. The molecule has 1 heteroatoms. The Labute approximate surface area is 114 Å². The Morgan fingerprint density at radius 3 is 2.06 bits per heavy atom. The highest BCUT2D eigenvalue weighted by Gasteiger charge is 1.94. The minimum Gasteiger partial charge on any atom is -0.295 e. The fraction of sp³-hybridized carbons (Fsp3) is 0.706. The average Bonchev–Trinajstić information content (AvgIpc) is 2.34. The summed E-state index contributed by atoms with van der Waals surface area (Å²) in [5.41, 5.74) is 4.32. The third-order valence-electron chi connectivity index (χ3n) is 3.12. The molecule has 0 aliphatic heterocycles. The maximum atomic E-state index is 4.42. The summed E-state index contributed by atoms with van der Waals surface area (Å²) in [5.74, 6) is 0. The molecule has 0 radical (unpaired) electrons. The van der Waals surface area contributed by atoms with Gasteiger partial charge in [-0.15, -0.1) is 0 Å². The van der Waals surface area contributed by atoms with Crippen LogP contribution in [0.1, 0.15) is 73.1 Å². The van der Waals surface area contributed by atoms with E-state index in [1.807, 2.05) is 0 Å². The fourth-order valence-corrected chi connectivity index (χ4v) is 1.87. The van der Waals surface area contributed by atoms with Gasteiger partial charge in [0.25, 0.3) is 0 Å². The van der Waals surface area contributed by atoms with Crippen molar-refractivity contribution in [3.8, 4) is 0 Å². The Morgan fingerprint density at radius 2 is 1.44 bits per heavy atom. The first-order valence-corrected chi connectivity index (χ1v) is 7.41. The quantitative estimate of drug-likeness (QED) is 0.366. The van der Waals surface area contributed by atoms with Gasteiger partial charge in [0.1, 0.15) is 0 Å². The second kappa shape index (κ2) is 11.3. The molecule has 1 nitrogen and oxygen atoms in total. The van der Waals surface area contributed by atoms with Crippen molar-refractivity contribution in [1.29, 1.82) is 0 Å². The van der Waals surface area contributed by atoms with Crippen LogP contribution < -0.4 is 0 Å². The minimum atomic E-state index is 0.913. The van der Waals surface area contributed by atoms with Gasteiger partial charge in [-0.25, -0.2) is 0 Å². The number of unbranched alkanes of at least 4 members (excludes halogenated alkanes) is 1. The van der Waals surface area contributed by atoms with Gasteiger partial charge in [0.15, 0.2) is 0 Å². The molecule has 0 rings (SSSR count). The van der Waals surface area contributed by atoms with Gasteiger partial charge in [-0.1, -0.05) is 36.6 Å². The number of rotatable bonds is 9. The zero-order chi connectivity index (χ0) is 13.8. The Bertz CT molecular complexity index is 295. The normalized spacial score (nSPS) is 14.2. The molecule has 18 heavy (non-hydrogen) atoms. The van der Waals surface area contributed by atoms with Crippen LogP contribution in [0, 0.1) is 0 Å². The zero-order valence-corrected chi connectivity index (χ0v) is 13.1. The number of hydrogen-bond acceptors (Lipinski definition) is 1. The van der Waals surface area contributed by atoms with Crippen LogP contribution in [0.5, 0.6) is 0 Å². The molecule has 0 fully saturated rings. The van der Waals surface area contributed by atoms with Gasteiger partial charge < -0.3 is 0 Å². The summed E-state index contributed by atoms with van der Waals surface area (Å²) in [6.45, 7) is 11.9. The van der Waals surface area contributed by atoms with Crippen LogP contribution in [-0.2, 0) is 0 Å². The van der Waals surface area contributed by atoms with E-state index in [0.717, 1.165) is 19.4 Å². The van der Waals surface area contributed by atoms with Gasteiger partial charge in [-0.3, -0.25) is 4.99 Å². The molecule has 0 aromatic heterocycles. The molecule has 0 saturated heterocycles. The molecule has 0 heterocycles. The maximum absolute atomic E-state index is 4.42. The van der Waals surface area contributed by atoms with Gasteiger partial charge in [-0.2, -0.15) is 0 Å². The number of aliphatic imine (C=N–C) groups is 1. The molecule has 0 aromatic carbocycles. The van der Waals surface area contributed by atoms with Crippen LogP contribution >= 0.6 is 0 Å². The van der Waals surface area contributed by atoms with E-state index in [1.165, 1.54) is 42.5 Å². The van der Waals surface area contributed by atoms with Crippen LogP contribution in [0.3, 0.4) is 0 Å². The molecule has 0 N–H and O–H groups in total. The minimum absolute atomic E-state index is 0.913. The monoisotopic (exact) mass is 249 g/mol. The molecule has 0 amide bonds. The van der Waals surface area contributed by atoms with Crippen molar-refractivity contribution in [2.24, 2.45) is 4.99 Å². The van der Waals surface area contributed by atoms with Crippen LogP contribution in [-0.4, -0.2) is 12.3 Å². The summed E-state index contributed by atoms with van der Waals surface area (Å²) in [5, 5.41) is 0. The van der Waals surface area contributed by atoms with E-state index in [9.17, 15) is 0 Å². The van der Waals surface area contributed by atoms with E-state index in [-0.39, 0.29) is 0 Å². The molecule has 0 spiro atoms. The van der Waals surface area contributed by atoms with Crippen LogP contribution in [0.15, 0.2) is 28.3 Å². The lowest BCUT2D eigenvalue weighted by Crippen LogP contribution is -1.93. The molecule has 0 bridgehead atoms. The third-order valence-corrected chi connectivity index (χ3v) is 3.12. The molecule has 0 aliphatic carbocycles. The zero-order valence-electron chi connectivity index (χ0n) is 13.1. The van der Waals surface area contributed by atoms with Crippen LogP contribution in [0.4, 0.5) is 0 Å². The van der Waals surface area contributed by atoms with Crippen molar-refractivity contribution in [3.05, 3.63) is 23.3 Å². The van der Waals surface area contributed by atoms with Crippen molar-refractivity contribution >= 4 is 5.71 Å². The van der Waals surface area contributed by atoms with E-state index in [2.05, 4.69) is 51.8 Å². The van der Waals surface area contributed by atoms with Crippen LogP contribution in [0.2, 0.25) is 0 Å². The first kappa shape index (κ1) is 17.2. The molecular formula is C17H31N. The lowest BCUT2D eigenvalue weighted by molar-refractivity contribution is 0.898. The first-order valence-electron chi connectivity index (χ1n) is 7.41. The highest BCUT2D eigenvalue weighted by atomic mass is 14.7. The average molecular weight is 249 g/mol. The largest absolute Gasteiger partial charge is 0.295 e. The van der Waals surface area contributed by atoms with Gasteiger partial charge in [-0.05, 0) is 59.8 Å². The Balaban J connectivity index is 3.87. The molecular weight excluding hydrogens is 218 g/mol. The smallest absolute Gasteiger partial charge is 0.0360 e. The summed E-state index contributed by atoms with van der Waals surface area (Å²) >= 11 is 0. The summed E-state index contributed by atoms with van der Waals surface area (Å²) in [7, 11) is 0. The predicted molar refractivity (Wildman–Crippen MR) is 84.5 cm³/mol. The van der Waals surface area contributed by atoms with E-state index >= 15 is 0 Å². The Hall–Kier alpha value is -0.850. The van der Waals surface area contributed by atoms with Crippen molar-refractivity contribution < 1.29 is 0 Å². The van der Waals surface area contributed by atoms with E-state index in [4.69, 9.17) is 0 Å². The Morgan fingerprint density at radius 1 is 0.833 bits per heavy atom. The lowest BCUT2D eigenvalue weighted by atomic mass is 10.1. The van der Waals surface area contributed by atoms with Gasteiger partial charge >= 0.3 is 0 Å². The lowest BCUT2D eigenvalue weighted by Gasteiger charge is -2.03. The summed E-state index contributed by atoms with van der Waals surface area (Å²) < 4.78 is 0.